The fraction of sp³-hybridized carbons (Fsp3) is 0.154. The van der Waals surface area contributed by atoms with E-state index in [1.165, 1.54) is 7.11 Å². The minimum atomic E-state index is -0.389. The Bertz CT molecular complexity index is 679. The fourth-order valence-electron chi connectivity index (χ4n) is 1.70. The molecule has 0 aliphatic rings. The maximum Gasteiger partial charge on any atom is 0.255 e. The molecule has 0 unspecified atom stereocenters. The molecule has 0 aliphatic heterocycles. The molecule has 1 amide bonds. The van der Waals surface area contributed by atoms with Crippen molar-refractivity contribution in [3.8, 4) is 11.8 Å². The smallest absolute Gasteiger partial charge is 0.255 e. The number of rotatable bonds is 3. The minimum Gasteiger partial charge on any atom is -0.496 e. The van der Waals surface area contributed by atoms with Crippen molar-refractivity contribution in [3.05, 3.63) is 35.0 Å². The van der Waals surface area contributed by atoms with E-state index in [1.807, 2.05) is 6.07 Å². The molecule has 96 valence electrons. The minimum absolute atomic E-state index is 0.0687. The van der Waals surface area contributed by atoms with Gasteiger partial charge in [-0.3, -0.25) is 9.78 Å². The molecule has 19 heavy (non-hydrogen) atoms. The fourth-order valence-corrected chi connectivity index (χ4v) is 1.91. The molecule has 0 spiro atoms. The quantitative estimate of drug-likeness (QED) is 0.871. The number of halogens is 1. The van der Waals surface area contributed by atoms with Gasteiger partial charge in [0, 0.05) is 17.6 Å². The number of benzene rings is 1. The Labute approximate surface area is 114 Å². The summed E-state index contributed by atoms with van der Waals surface area (Å²) in [5.74, 6) is -0.00192. The highest BCUT2D eigenvalue weighted by molar-refractivity contribution is 6.35. The van der Waals surface area contributed by atoms with Crippen LogP contribution in [-0.4, -0.2) is 24.5 Å². The summed E-state index contributed by atoms with van der Waals surface area (Å²) in [6.07, 6.45) is 1.58. The summed E-state index contributed by atoms with van der Waals surface area (Å²) in [5, 5.41) is 12.1. The van der Waals surface area contributed by atoms with E-state index >= 15 is 0 Å². The summed E-state index contributed by atoms with van der Waals surface area (Å²) in [6.45, 7) is -0.0687. The van der Waals surface area contributed by atoms with Gasteiger partial charge in [-0.1, -0.05) is 11.6 Å². The molecule has 0 radical (unpaired) electrons. The van der Waals surface area contributed by atoms with Gasteiger partial charge >= 0.3 is 0 Å². The van der Waals surface area contributed by atoms with E-state index in [1.54, 1.807) is 24.4 Å². The molecule has 1 N–H and O–H groups in total. The number of hydrogen-bond donors (Lipinski definition) is 1. The number of aromatic nitrogens is 1. The van der Waals surface area contributed by atoms with Crippen molar-refractivity contribution in [1.82, 2.24) is 10.3 Å². The zero-order valence-electron chi connectivity index (χ0n) is 10.1. The van der Waals surface area contributed by atoms with E-state index in [9.17, 15) is 4.79 Å². The second-order valence-corrected chi connectivity index (χ2v) is 4.11. The number of amides is 1. The zero-order chi connectivity index (χ0) is 13.8. The third-order valence-corrected chi connectivity index (χ3v) is 2.91. The van der Waals surface area contributed by atoms with E-state index < -0.39 is 0 Å². The molecular weight excluding hydrogens is 266 g/mol. The summed E-state index contributed by atoms with van der Waals surface area (Å²) in [5.41, 5.74) is 0.960. The molecule has 5 nitrogen and oxygen atoms in total. The summed E-state index contributed by atoms with van der Waals surface area (Å²) in [7, 11) is 1.47. The molecule has 0 atom stereocenters. The van der Waals surface area contributed by atoms with Crippen molar-refractivity contribution in [3.63, 3.8) is 0 Å². The maximum atomic E-state index is 11.9. The molecular formula is C13H10ClN3O2. The number of hydrogen-bond acceptors (Lipinski definition) is 4. The van der Waals surface area contributed by atoms with E-state index in [0.29, 0.717) is 27.2 Å². The maximum absolute atomic E-state index is 11.9. The van der Waals surface area contributed by atoms with Crippen molar-refractivity contribution in [2.75, 3.05) is 13.7 Å². The van der Waals surface area contributed by atoms with Crippen molar-refractivity contribution < 1.29 is 9.53 Å². The highest BCUT2D eigenvalue weighted by atomic mass is 35.5. The second-order valence-electron chi connectivity index (χ2n) is 3.70. The number of pyridine rings is 1. The molecule has 0 fully saturated rings. The summed E-state index contributed by atoms with van der Waals surface area (Å²) in [4.78, 5) is 16.1. The Hall–Kier alpha value is -2.32. The summed E-state index contributed by atoms with van der Waals surface area (Å²) < 4.78 is 5.17. The SMILES string of the molecule is COc1cc2nccc(Cl)c2cc1C(=O)NCC#N. The van der Waals surface area contributed by atoms with Crippen LogP contribution in [0.25, 0.3) is 10.9 Å². The molecule has 0 aliphatic carbocycles. The summed E-state index contributed by atoms with van der Waals surface area (Å²) in [6, 6.07) is 6.74. The lowest BCUT2D eigenvalue weighted by atomic mass is 10.1. The van der Waals surface area contributed by atoms with Crippen molar-refractivity contribution in [2.45, 2.75) is 0 Å². The largest absolute Gasteiger partial charge is 0.496 e. The zero-order valence-corrected chi connectivity index (χ0v) is 10.9. The molecule has 1 aromatic heterocycles. The highest BCUT2D eigenvalue weighted by Gasteiger charge is 2.14. The monoisotopic (exact) mass is 275 g/mol. The Morgan fingerprint density at radius 3 is 3.05 bits per heavy atom. The standard InChI is InChI=1S/C13H10ClN3O2/c1-19-12-7-11-8(10(14)2-4-16-11)6-9(12)13(18)17-5-3-15/h2,4,6-7H,5H2,1H3,(H,17,18). The number of fused-ring (bicyclic) bond motifs is 1. The Balaban J connectivity index is 2.56. The number of methoxy groups -OCH3 is 1. The van der Waals surface area contributed by atoms with Gasteiger partial charge in [-0.15, -0.1) is 0 Å². The number of nitriles is 1. The van der Waals surface area contributed by atoms with Crippen LogP contribution in [0.5, 0.6) is 5.75 Å². The van der Waals surface area contributed by atoms with Crippen LogP contribution in [0.4, 0.5) is 0 Å². The summed E-state index contributed by atoms with van der Waals surface area (Å²) >= 11 is 6.07. The van der Waals surface area contributed by atoms with Crippen LogP contribution < -0.4 is 10.1 Å². The van der Waals surface area contributed by atoms with Gasteiger partial charge in [0.15, 0.2) is 0 Å². The molecule has 0 saturated carbocycles. The van der Waals surface area contributed by atoms with Gasteiger partial charge in [0.25, 0.3) is 5.91 Å². The Kier molecular flexibility index (Phi) is 3.83. The van der Waals surface area contributed by atoms with Gasteiger partial charge in [0.05, 0.1) is 29.3 Å². The number of ether oxygens (including phenoxy) is 1. The van der Waals surface area contributed by atoms with Crippen molar-refractivity contribution >= 4 is 28.4 Å². The molecule has 2 rings (SSSR count). The Morgan fingerprint density at radius 1 is 1.58 bits per heavy atom. The van der Waals surface area contributed by atoms with Crippen LogP contribution in [0.1, 0.15) is 10.4 Å². The third-order valence-electron chi connectivity index (χ3n) is 2.58. The van der Waals surface area contributed by atoms with Crippen LogP contribution in [0.2, 0.25) is 5.02 Å². The van der Waals surface area contributed by atoms with E-state index in [4.69, 9.17) is 21.6 Å². The molecule has 2 aromatic rings. The molecule has 1 heterocycles. The third kappa shape index (κ3) is 2.59. The normalized spacial score (nSPS) is 9.95. The van der Waals surface area contributed by atoms with Crippen LogP contribution in [0, 0.1) is 11.3 Å². The predicted molar refractivity (Wildman–Crippen MR) is 71.3 cm³/mol. The lowest BCUT2D eigenvalue weighted by molar-refractivity contribution is 0.0955. The first-order valence-electron chi connectivity index (χ1n) is 5.44. The van der Waals surface area contributed by atoms with Crippen molar-refractivity contribution in [2.24, 2.45) is 0 Å². The molecule has 1 aromatic carbocycles. The molecule has 6 heteroatoms. The van der Waals surface area contributed by atoms with Gasteiger partial charge in [-0.25, -0.2) is 0 Å². The van der Waals surface area contributed by atoms with Gasteiger partial charge in [0.2, 0.25) is 0 Å². The Morgan fingerprint density at radius 2 is 2.37 bits per heavy atom. The second kappa shape index (κ2) is 5.55. The first kappa shape index (κ1) is 13.1. The number of nitrogens with one attached hydrogen (secondary N) is 1. The average Bonchev–Trinajstić information content (AvgIpc) is 2.43. The first-order chi connectivity index (χ1) is 9.17. The van der Waals surface area contributed by atoms with Gasteiger partial charge in [-0.2, -0.15) is 5.26 Å². The van der Waals surface area contributed by atoms with E-state index in [2.05, 4.69) is 10.3 Å². The van der Waals surface area contributed by atoms with Crippen LogP contribution >= 0.6 is 11.6 Å². The number of carbonyl (C=O) groups excluding carboxylic acids is 1. The van der Waals surface area contributed by atoms with Crippen LogP contribution in [-0.2, 0) is 0 Å². The topological polar surface area (TPSA) is 75.0 Å². The van der Waals surface area contributed by atoms with Crippen LogP contribution in [0.3, 0.4) is 0 Å². The van der Waals surface area contributed by atoms with Crippen LogP contribution in [0.15, 0.2) is 24.4 Å². The molecule has 0 bridgehead atoms. The van der Waals surface area contributed by atoms with Crippen molar-refractivity contribution in [1.29, 1.82) is 5.26 Å². The number of carbonyl (C=O) groups is 1. The van der Waals surface area contributed by atoms with E-state index in [-0.39, 0.29) is 12.5 Å². The van der Waals surface area contributed by atoms with Gasteiger partial charge < -0.3 is 10.1 Å². The molecule has 0 saturated heterocycles. The average molecular weight is 276 g/mol. The van der Waals surface area contributed by atoms with E-state index in [0.717, 1.165) is 0 Å². The van der Waals surface area contributed by atoms with Gasteiger partial charge in [-0.05, 0) is 12.1 Å². The van der Waals surface area contributed by atoms with Gasteiger partial charge in [0.1, 0.15) is 12.3 Å². The lowest BCUT2D eigenvalue weighted by Crippen LogP contribution is -2.24. The highest BCUT2D eigenvalue weighted by Crippen LogP contribution is 2.29. The predicted octanol–water partition coefficient (Wildman–Crippen LogP) is 2.15. The lowest BCUT2D eigenvalue weighted by Gasteiger charge is -2.10. The number of nitrogens with zero attached hydrogens (tertiary/aromatic N) is 2. The first-order valence-corrected chi connectivity index (χ1v) is 5.82.